The lowest BCUT2D eigenvalue weighted by Gasteiger charge is -2.44. The molecule has 1 fully saturated rings. The number of esters is 3. The van der Waals surface area contributed by atoms with Gasteiger partial charge < -0.3 is 18.9 Å². The SMILES string of the molecule is C=C1O[C@H](COC(C)=O)[C@@H](OC(C)=O)[C@H](OC(C)=O)[C@H]1N1C(=O)c2ccccc2C1=O. The summed E-state index contributed by atoms with van der Waals surface area (Å²) in [5, 5.41) is 0. The van der Waals surface area contributed by atoms with Crippen LogP contribution in [0, 0.1) is 0 Å². The lowest BCUT2D eigenvalue weighted by molar-refractivity contribution is -0.199. The van der Waals surface area contributed by atoms with Crippen molar-refractivity contribution >= 4 is 29.7 Å². The molecule has 1 aromatic rings. The van der Waals surface area contributed by atoms with Gasteiger partial charge in [0.2, 0.25) is 0 Å². The van der Waals surface area contributed by atoms with Crippen molar-refractivity contribution < 1.29 is 42.9 Å². The summed E-state index contributed by atoms with van der Waals surface area (Å²) < 4.78 is 21.4. The Hall–Kier alpha value is -3.69. The molecule has 31 heavy (non-hydrogen) atoms. The molecule has 0 unspecified atom stereocenters. The molecule has 0 N–H and O–H groups in total. The van der Waals surface area contributed by atoms with E-state index in [1.807, 2.05) is 0 Å². The molecule has 2 aliphatic heterocycles. The topological polar surface area (TPSA) is 126 Å². The van der Waals surface area contributed by atoms with Gasteiger partial charge in [0.05, 0.1) is 11.1 Å². The summed E-state index contributed by atoms with van der Waals surface area (Å²) in [7, 11) is 0. The van der Waals surface area contributed by atoms with Crippen molar-refractivity contribution in [3.8, 4) is 0 Å². The van der Waals surface area contributed by atoms with Crippen molar-refractivity contribution in [2.75, 3.05) is 6.61 Å². The number of amides is 2. The Kier molecular flexibility index (Phi) is 6.09. The molecule has 2 amide bonds. The Bertz CT molecular complexity index is 934. The highest BCUT2D eigenvalue weighted by atomic mass is 16.6. The number of rotatable bonds is 5. The molecule has 0 radical (unpaired) electrons. The summed E-state index contributed by atoms with van der Waals surface area (Å²) in [5.41, 5.74) is 0.348. The minimum absolute atomic E-state index is 0.0821. The molecule has 1 saturated heterocycles. The van der Waals surface area contributed by atoms with Gasteiger partial charge in [-0.2, -0.15) is 0 Å². The van der Waals surface area contributed by atoms with Gasteiger partial charge in [-0.05, 0) is 12.1 Å². The zero-order valence-corrected chi connectivity index (χ0v) is 17.2. The standard InChI is InChI=1S/C21H21NO9/c1-10-17(22-20(26)14-7-5-6-8-15(14)21(22)27)19(31-13(4)25)18(30-12(3)24)16(29-10)9-28-11(2)23/h5-8,16-19H,1,9H2,2-4H3/t16-,17+,18-,19-/m1/s1. The van der Waals surface area contributed by atoms with Crippen LogP contribution in [-0.2, 0) is 33.3 Å². The number of carbonyl (C=O) groups excluding carboxylic acids is 5. The minimum atomic E-state index is -1.33. The fourth-order valence-electron chi connectivity index (χ4n) is 3.64. The molecule has 3 rings (SSSR count). The predicted molar refractivity (Wildman–Crippen MR) is 102 cm³/mol. The van der Waals surface area contributed by atoms with Crippen molar-refractivity contribution in [1.82, 2.24) is 4.90 Å². The van der Waals surface area contributed by atoms with Crippen molar-refractivity contribution in [2.24, 2.45) is 0 Å². The first-order valence-corrected chi connectivity index (χ1v) is 9.42. The van der Waals surface area contributed by atoms with Gasteiger partial charge in [0.1, 0.15) is 18.4 Å². The molecular weight excluding hydrogens is 410 g/mol. The molecule has 0 aliphatic carbocycles. The molecule has 0 saturated carbocycles. The van der Waals surface area contributed by atoms with Gasteiger partial charge in [0.15, 0.2) is 18.3 Å². The third-order valence-electron chi connectivity index (χ3n) is 4.79. The highest BCUT2D eigenvalue weighted by Gasteiger charge is 2.54. The van der Waals surface area contributed by atoms with Crippen LogP contribution in [0.1, 0.15) is 41.5 Å². The summed E-state index contributed by atoms with van der Waals surface area (Å²) in [6.07, 6.45) is -3.68. The number of hydrogen-bond acceptors (Lipinski definition) is 9. The zero-order chi connectivity index (χ0) is 22.9. The maximum Gasteiger partial charge on any atom is 0.303 e. The Balaban J connectivity index is 2.02. The second-order valence-electron chi connectivity index (χ2n) is 7.04. The van der Waals surface area contributed by atoms with E-state index in [1.54, 1.807) is 12.1 Å². The van der Waals surface area contributed by atoms with Gasteiger partial charge in [-0.25, -0.2) is 0 Å². The van der Waals surface area contributed by atoms with Crippen LogP contribution in [0.25, 0.3) is 0 Å². The van der Waals surface area contributed by atoms with Crippen LogP contribution in [0.5, 0.6) is 0 Å². The molecule has 1 aromatic carbocycles. The molecule has 0 bridgehead atoms. The number of fused-ring (bicyclic) bond motifs is 1. The molecule has 0 aromatic heterocycles. The number of hydrogen-bond donors (Lipinski definition) is 0. The molecule has 164 valence electrons. The molecule has 4 atom stereocenters. The van der Waals surface area contributed by atoms with Gasteiger partial charge in [-0.1, -0.05) is 18.7 Å². The summed E-state index contributed by atoms with van der Waals surface area (Å²) in [6.45, 7) is 6.89. The first kappa shape index (κ1) is 22.0. The monoisotopic (exact) mass is 431 g/mol. The smallest absolute Gasteiger partial charge is 0.303 e. The van der Waals surface area contributed by atoms with Crippen LogP contribution >= 0.6 is 0 Å². The summed E-state index contributed by atoms with van der Waals surface area (Å²) >= 11 is 0. The van der Waals surface area contributed by atoms with Crippen LogP contribution < -0.4 is 0 Å². The number of imide groups is 1. The largest absolute Gasteiger partial charge is 0.485 e. The summed E-state index contributed by atoms with van der Waals surface area (Å²) in [4.78, 5) is 61.7. The van der Waals surface area contributed by atoms with Crippen LogP contribution in [-0.4, -0.2) is 65.6 Å². The lowest BCUT2D eigenvalue weighted by Crippen LogP contribution is -2.62. The van der Waals surface area contributed by atoms with E-state index in [2.05, 4.69) is 6.58 Å². The van der Waals surface area contributed by atoms with Crippen LogP contribution in [0.2, 0.25) is 0 Å². The maximum absolute atomic E-state index is 13.0. The van der Waals surface area contributed by atoms with E-state index >= 15 is 0 Å². The Morgan fingerprint density at radius 1 is 0.935 bits per heavy atom. The zero-order valence-electron chi connectivity index (χ0n) is 17.2. The molecule has 10 heteroatoms. The van der Waals surface area contributed by atoms with E-state index in [0.717, 1.165) is 18.7 Å². The molecule has 10 nitrogen and oxygen atoms in total. The molecule has 2 heterocycles. The van der Waals surface area contributed by atoms with E-state index in [0.29, 0.717) is 0 Å². The fourth-order valence-corrected chi connectivity index (χ4v) is 3.64. The molecular formula is C21H21NO9. The van der Waals surface area contributed by atoms with Gasteiger partial charge in [-0.3, -0.25) is 28.9 Å². The Morgan fingerprint density at radius 3 is 1.94 bits per heavy atom. The lowest BCUT2D eigenvalue weighted by atomic mass is 9.94. The van der Waals surface area contributed by atoms with Crippen LogP contribution in [0.15, 0.2) is 36.6 Å². The summed E-state index contributed by atoms with van der Waals surface area (Å²) in [5.74, 6) is -3.43. The van der Waals surface area contributed by atoms with Crippen LogP contribution in [0.4, 0.5) is 0 Å². The van der Waals surface area contributed by atoms with Crippen LogP contribution in [0.3, 0.4) is 0 Å². The highest BCUT2D eigenvalue weighted by Crippen LogP contribution is 2.36. The first-order chi connectivity index (χ1) is 14.6. The molecule has 0 spiro atoms. The van der Waals surface area contributed by atoms with Crippen molar-refractivity contribution in [3.63, 3.8) is 0 Å². The summed E-state index contributed by atoms with van der Waals surface area (Å²) in [6, 6.07) is 4.94. The minimum Gasteiger partial charge on any atom is -0.485 e. The maximum atomic E-state index is 13.0. The number of ether oxygens (including phenoxy) is 4. The average Bonchev–Trinajstić information content (AvgIpc) is 2.93. The highest BCUT2D eigenvalue weighted by molar-refractivity contribution is 6.21. The number of benzene rings is 1. The van der Waals surface area contributed by atoms with E-state index in [9.17, 15) is 24.0 Å². The fraction of sp³-hybridized carbons (Fsp3) is 0.381. The third kappa shape index (κ3) is 4.27. The van der Waals surface area contributed by atoms with E-state index in [4.69, 9.17) is 18.9 Å². The van der Waals surface area contributed by atoms with Crippen molar-refractivity contribution in [1.29, 1.82) is 0 Å². The van der Waals surface area contributed by atoms with Crippen molar-refractivity contribution in [3.05, 3.63) is 47.7 Å². The predicted octanol–water partition coefficient (Wildman–Crippen LogP) is 0.990. The first-order valence-electron chi connectivity index (χ1n) is 9.42. The van der Waals surface area contributed by atoms with Gasteiger partial charge >= 0.3 is 17.9 Å². The quantitative estimate of drug-likeness (QED) is 0.381. The van der Waals surface area contributed by atoms with Gasteiger partial charge in [-0.15, -0.1) is 0 Å². The second-order valence-corrected chi connectivity index (χ2v) is 7.04. The normalized spacial score (nSPS) is 24.9. The Labute approximate surface area is 177 Å². The second kappa shape index (κ2) is 8.58. The van der Waals surface area contributed by atoms with Crippen molar-refractivity contribution in [2.45, 2.75) is 45.1 Å². The Morgan fingerprint density at radius 2 is 1.45 bits per heavy atom. The number of carbonyl (C=O) groups is 5. The van der Waals surface area contributed by atoms with E-state index in [1.165, 1.54) is 19.1 Å². The number of nitrogens with zero attached hydrogens (tertiary/aromatic N) is 1. The average molecular weight is 431 g/mol. The third-order valence-corrected chi connectivity index (χ3v) is 4.79. The van der Waals surface area contributed by atoms with E-state index in [-0.39, 0.29) is 23.5 Å². The molecule has 2 aliphatic rings. The van der Waals surface area contributed by atoms with Gasteiger partial charge in [0.25, 0.3) is 11.8 Å². The van der Waals surface area contributed by atoms with E-state index < -0.39 is 54.1 Å². The van der Waals surface area contributed by atoms with Gasteiger partial charge in [0, 0.05) is 20.8 Å².